The van der Waals surface area contributed by atoms with Crippen molar-refractivity contribution >= 4 is 34.9 Å². The number of esters is 1. The molecule has 6 nitrogen and oxygen atoms in total. The number of hydrogen-bond acceptors (Lipinski definition) is 6. The number of hydrogen-bond donors (Lipinski definition) is 4. The van der Waals surface area contributed by atoms with Gasteiger partial charge in [-0.3, -0.25) is 4.79 Å². The van der Waals surface area contributed by atoms with Crippen LogP contribution in [0.25, 0.3) is 0 Å². The number of aliphatic hydroxyl groups excluding tert-OH is 1. The molecule has 1 heterocycles. The molecule has 1 saturated heterocycles. The van der Waals surface area contributed by atoms with Crippen LogP contribution in [0.1, 0.15) is 49.8 Å². The van der Waals surface area contributed by atoms with Crippen LogP contribution in [-0.2, 0) is 21.5 Å². The van der Waals surface area contributed by atoms with Crippen molar-refractivity contribution in [2.24, 2.45) is 11.1 Å². The first-order chi connectivity index (χ1) is 19.2. The van der Waals surface area contributed by atoms with Gasteiger partial charge in [0.25, 0.3) is 0 Å². The van der Waals surface area contributed by atoms with Gasteiger partial charge in [0.15, 0.2) is 0 Å². The summed E-state index contributed by atoms with van der Waals surface area (Å²) in [6, 6.07) is 14.3. The first-order valence-electron chi connectivity index (χ1n) is 13.3. The lowest BCUT2D eigenvalue weighted by Crippen LogP contribution is -2.52. The monoisotopic (exact) mass is 605 g/mol. The molecule has 0 spiro atoms. The Bertz CT molecular complexity index is 1400. The third kappa shape index (κ3) is 6.68. The molecule has 220 valence electrons. The maximum Gasteiger partial charge on any atom is 0.309 e. The largest absolute Gasteiger partial charge is 0.469 e. The van der Waals surface area contributed by atoms with Gasteiger partial charge in [-0.1, -0.05) is 74.3 Å². The van der Waals surface area contributed by atoms with Crippen molar-refractivity contribution in [3.63, 3.8) is 0 Å². The highest BCUT2D eigenvalue weighted by molar-refractivity contribution is 6.31. The summed E-state index contributed by atoms with van der Waals surface area (Å²) in [7, 11) is 1.32. The number of nitrogens with one attached hydrogen (secondary N) is 2. The molecule has 0 radical (unpaired) electrons. The summed E-state index contributed by atoms with van der Waals surface area (Å²) in [5.41, 5.74) is 7.06. The van der Waals surface area contributed by atoms with Gasteiger partial charge in [-0.05, 0) is 53.3 Å². The molecule has 5 N–H and O–H groups in total. The number of nitrogens with two attached hydrogens (primary N) is 1. The second-order valence-electron chi connectivity index (χ2n) is 11.7. The van der Waals surface area contributed by atoms with Crippen molar-refractivity contribution < 1.29 is 23.4 Å². The van der Waals surface area contributed by atoms with E-state index in [1.807, 2.05) is 20.8 Å². The van der Waals surface area contributed by atoms with Crippen LogP contribution in [0.3, 0.4) is 0 Å². The Labute approximate surface area is 249 Å². The van der Waals surface area contributed by atoms with Gasteiger partial charge in [-0.25, -0.2) is 8.78 Å². The number of rotatable bonds is 8. The summed E-state index contributed by atoms with van der Waals surface area (Å²) < 4.78 is 36.1. The molecule has 1 aliphatic rings. The number of aliphatic hydroxyl groups is 1. The first kappa shape index (κ1) is 31.2. The molecule has 3 aromatic carbocycles. The van der Waals surface area contributed by atoms with Crippen LogP contribution in [0.4, 0.5) is 14.5 Å². The van der Waals surface area contributed by atoms with Crippen LogP contribution in [-0.4, -0.2) is 36.5 Å². The van der Waals surface area contributed by atoms with Gasteiger partial charge in [0.2, 0.25) is 0 Å². The second kappa shape index (κ2) is 12.2. The van der Waals surface area contributed by atoms with Gasteiger partial charge in [0.05, 0.1) is 30.1 Å². The fourth-order valence-corrected chi connectivity index (χ4v) is 6.06. The lowest BCUT2D eigenvalue weighted by Gasteiger charge is -2.40. The van der Waals surface area contributed by atoms with Gasteiger partial charge < -0.3 is 26.2 Å². The number of ether oxygens (including phenoxy) is 1. The third-order valence-corrected chi connectivity index (χ3v) is 8.09. The SMILES string of the molecule is COC(=O)Cc1ccc(NC(O)[C@@H]2N[C@@H](CC(C)(C)C)[C@](N)(c3ccc(Cl)cc3F)[C@H]2c2cccc(Cl)c2F)cc1. The van der Waals surface area contributed by atoms with Gasteiger partial charge >= 0.3 is 5.97 Å². The van der Waals surface area contributed by atoms with Crippen LogP contribution < -0.4 is 16.4 Å². The second-order valence-corrected chi connectivity index (χ2v) is 12.6. The van der Waals surface area contributed by atoms with Gasteiger partial charge in [0.1, 0.15) is 17.9 Å². The van der Waals surface area contributed by atoms with Crippen molar-refractivity contribution in [2.45, 2.75) is 63.4 Å². The molecule has 10 heteroatoms. The van der Waals surface area contributed by atoms with E-state index in [9.17, 15) is 9.90 Å². The van der Waals surface area contributed by atoms with Gasteiger partial charge in [0, 0.05) is 28.2 Å². The Morgan fingerprint density at radius 1 is 1.15 bits per heavy atom. The Hall–Kier alpha value is -2.75. The van der Waals surface area contributed by atoms with E-state index in [2.05, 4.69) is 10.6 Å². The highest BCUT2D eigenvalue weighted by Gasteiger charge is 2.58. The van der Waals surface area contributed by atoms with Crippen LogP contribution >= 0.6 is 23.2 Å². The molecule has 0 aromatic heterocycles. The number of anilines is 1. The summed E-state index contributed by atoms with van der Waals surface area (Å²) in [6.07, 6.45) is -0.695. The molecule has 1 unspecified atom stereocenters. The minimum absolute atomic E-state index is 0.108. The molecule has 0 amide bonds. The number of halogens is 4. The smallest absolute Gasteiger partial charge is 0.309 e. The predicted octanol–water partition coefficient (Wildman–Crippen LogP) is 6.13. The van der Waals surface area contributed by atoms with E-state index in [1.165, 1.54) is 25.3 Å². The Morgan fingerprint density at radius 2 is 1.83 bits per heavy atom. The Morgan fingerprint density at radius 3 is 2.44 bits per heavy atom. The molecule has 0 aliphatic carbocycles. The van der Waals surface area contributed by atoms with Crippen molar-refractivity contribution in [1.82, 2.24) is 5.32 Å². The molecular weight excluding hydrogens is 571 g/mol. The molecule has 0 saturated carbocycles. The van der Waals surface area contributed by atoms with E-state index >= 15 is 8.78 Å². The van der Waals surface area contributed by atoms with Crippen LogP contribution in [0, 0.1) is 17.0 Å². The minimum Gasteiger partial charge on any atom is -0.469 e. The fraction of sp³-hybridized carbons (Fsp3) is 0.387. The van der Waals surface area contributed by atoms with Crippen LogP contribution in [0.5, 0.6) is 0 Å². The molecule has 41 heavy (non-hydrogen) atoms. The van der Waals surface area contributed by atoms with E-state index in [4.69, 9.17) is 33.7 Å². The number of carbonyl (C=O) groups excluding carboxylic acids is 1. The van der Waals surface area contributed by atoms with E-state index in [1.54, 1.807) is 42.5 Å². The average Bonchev–Trinajstić information content (AvgIpc) is 3.17. The van der Waals surface area contributed by atoms with E-state index in [0.717, 1.165) is 5.56 Å². The van der Waals surface area contributed by atoms with Gasteiger partial charge in [-0.15, -0.1) is 0 Å². The minimum atomic E-state index is -1.51. The van der Waals surface area contributed by atoms with Crippen LogP contribution in [0.15, 0.2) is 60.7 Å². The van der Waals surface area contributed by atoms with Crippen molar-refractivity contribution in [2.75, 3.05) is 12.4 Å². The summed E-state index contributed by atoms with van der Waals surface area (Å²) >= 11 is 12.3. The van der Waals surface area contributed by atoms with E-state index in [-0.39, 0.29) is 39.0 Å². The molecule has 5 atom stereocenters. The highest BCUT2D eigenvalue weighted by Crippen LogP contribution is 2.50. The Kier molecular flexibility index (Phi) is 9.31. The summed E-state index contributed by atoms with van der Waals surface area (Å²) in [5, 5.41) is 18.2. The molecule has 4 rings (SSSR count). The molecule has 0 bridgehead atoms. The number of carbonyl (C=O) groups is 1. The summed E-state index contributed by atoms with van der Waals surface area (Å²) in [4.78, 5) is 11.6. The molecular formula is C31H35Cl2F2N3O3. The predicted molar refractivity (Wildman–Crippen MR) is 158 cm³/mol. The van der Waals surface area contributed by atoms with E-state index < -0.39 is 41.4 Å². The Balaban J connectivity index is 1.80. The number of methoxy groups -OCH3 is 1. The zero-order valence-corrected chi connectivity index (χ0v) is 24.9. The fourth-order valence-electron chi connectivity index (χ4n) is 5.72. The van der Waals surface area contributed by atoms with Gasteiger partial charge in [-0.2, -0.15) is 0 Å². The molecule has 1 aliphatic heterocycles. The lowest BCUT2D eigenvalue weighted by molar-refractivity contribution is -0.139. The topological polar surface area (TPSA) is 96.6 Å². The standard InChI is InChI=1S/C31H35Cl2F2N3O3/c1-30(2,3)16-24-31(36,21-13-10-18(32)15-23(21)34)26(20-6-5-7-22(33)27(20)35)28(38-24)29(40)37-19-11-8-17(9-12-19)14-25(39)41-4/h5-13,15,24,26,28-29,37-38,40H,14,16,36H2,1-4H3/t24-,26-,28+,29?,31+/m0/s1. The summed E-state index contributed by atoms with van der Waals surface area (Å²) in [6.45, 7) is 6.08. The normalized spacial score (nSPS) is 23.3. The maximum atomic E-state index is 15.7. The highest BCUT2D eigenvalue weighted by atomic mass is 35.5. The van der Waals surface area contributed by atoms with Crippen LogP contribution in [0.2, 0.25) is 10.0 Å². The third-order valence-electron chi connectivity index (χ3n) is 7.56. The molecule has 1 fully saturated rings. The lowest BCUT2D eigenvalue weighted by atomic mass is 9.68. The average molecular weight is 607 g/mol. The first-order valence-corrected chi connectivity index (χ1v) is 14.0. The van der Waals surface area contributed by atoms with Crippen molar-refractivity contribution in [3.8, 4) is 0 Å². The summed E-state index contributed by atoms with van der Waals surface area (Å²) in [5.74, 6) is -2.64. The van der Waals surface area contributed by atoms with Crippen molar-refractivity contribution in [3.05, 3.63) is 99.0 Å². The van der Waals surface area contributed by atoms with Crippen molar-refractivity contribution in [1.29, 1.82) is 0 Å². The number of benzene rings is 3. The zero-order valence-electron chi connectivity index (χ0n) is 23.4. The molecule has 3 aromatic rings. The maximum absolute atomic E-state index is 15.7. The zero-order chi connectivity index (χ0) is 30.1. The quantitative estimate of drug-likeness (QED) is 0.182. The van der Waals surface area contributed by atoms with E-state index in [0.29, 0.717) is 12.1 Å².